The Hall–Kier alpha value is -1.81. The van der Waals surface area contributed by atoms with Crippen LogP contribution in [0.3, 0.4) is 0 Å². The minimum atomic E-state index is -1.12. The average molecular weight is 318 g/mol. The number of hydrogen-bond acceptors (Lipinski definition) is 3. The number of methoxy groups -OCH3 is 2. The summed E-state index contributed by atoms with van der Waals surface area (Å²) in [5, 5.41) is 0. The van der Waals surface area contributed by atoms with Crippen molar-refractivity contribution in [3.63, 3.8) is 0 Å². The number of aryl methyl sites for hydroxylation is 3. The third kappa shape index (κ3) is 3.33. The van der Waals surface area contributed by atoms with Crippen molar-refractivity contribution in [2.75, 3.05) is 14.2 Å². The van der Waals surface area contributed by atoms with Crippen molar-refractivity contribution in [2.45, 2.75) is 31.4 Å². The lowest BCUT2D eigenvalue weighted by atomic mass is 10.1. The summed E-state index contributed by atoms with van der Waals surface area (Å²) < 4.78 is 23.4. The molecule has 0 fully saturated rings. The van der Waals surface area contributed by atoms with E-state index in [-0.39, 0.29) is 0 Å². The van der Waals surface area contributed by atoms with E-state index in [1.54, 1.807) is 14.2 Å². The van der Waals surface area contributed by atoms with Crippen molar-refractivity contribution >= 4 is 10.8 Å². The molecule has 0 aliphatic heterocycles. The van der Waals surface area contributed by atoms with Crippen molar-refractivity contribution < 1.29 is 13.7 Å². The maximum atomic E-state index is 12.8. The van der Waals surface area contributed by atoms with Gasteiger partial charge in [-0.1, -0.05) is 18.2 Å². The minimum absolute atomic E-state index is 0.509. The smallest absolute Gasteiger partial charge is 0.161 e. The highest BCUT2D eigenvalue weighted by atomic mass is 32.2. The van der Waals surface area contributed by atoms with E-state index in [2.05, 4.69) is 26.0 Å². The highest BCUT2D eigenvalue weighted by Crippen LogP contribution is 2.32. The fraction of sp³-hybridized carbons (Fsp3) is 0.333. The van der Waals surface area contributed by atoms with E-state index in [1.807, 2.05) is 25.1 Å². The van der Waals surface area contributed by atoms with Gasteiger partial charge in [-0.15, -0.1) is 0 Å². The van der Waals surface area contributed by atoms with Gasteiger partial charge in [0.1, 0.15) is 0 Å². The third-order valence-corrected chi connectivity index (χ3v) is 5.33. The zero-order valence-corrected chi connectivity index (χ0v) is 14.5. The first-order valence-corrected chi connectivity index (χ1v) is 8.46. The molecule has 0 aliphatic rings. The summed E-state index contributed by atoms with van der Waals surface area (Å²) in [6.45, 7) is 6.06. The van der Waals surface area contributed by atoms with Crippen molar-refractivity contribution in [3.8, 4) is 11.5 Å². The van der Waals surface area contributed by atoms with E-state index >= 15 is 0 Å². The van der Waals surface area contributed by atoms with Crippen LogP contribution in [0, 0.1) is 20.8 Å². The van der Waals surface area contributed by atoms with E-state index < -0.39 is 10.8 Å². The summed E-state index contributed by atoms with van der Waals surface area (Å²) in [5.74, 6) is 1.78. The van der Waals surface area contributed by atoms with Crippen LogP contribution in [-0.2, 0) is 16.6 Å². The topological polar surface area (TPSA) is 35.5 Å². The van der Waals surface area contributed by atoms with E-state index in [4.69, 9.17) is 9.47 Å². The van der Waals surface area contributed by atoms with Gasteiger partial charge in [0, 0.05) is 11.0 Å². The number of benzene rings is 2. The van der Waals surface area contributed by atoms with Gasteiger partial charge < -0.3 is 9.47 Å². The molecular formula is C18H22O3S. The highest BCUT2D eigenvalue weighted by molar-refractivity contribution is 7.84. The Balaban J connectivity index is 2.38. The molecule has 118 valence electrons. The van der Waals surface area contributed by atoms with Crippen molar-refractivity contribution in [2.24, 2.45) is 0 Å². The molecule has 0 saturated carbocycles. The molecule has 0 aliphatic carbocycles. The molecule has 2 aromatic rings. The first kappa shape index (κ1) is 16.6. The van der Waals surface area contributed by atoms with Crippen LogP contribution in [-0.4, -0.2) is 18.4 Å². The van der Waals surface area contributed by atoms with Gasteiger partial charge in [0.2, 0.25) is 0 Å². The van der Waals surface area contributed by atoms with Crippen molar-refractivity contribution in [1.29, 1.82) is 0 Å². The molecule has 0 heterocycles. The van der Waals surface area contributed by atoms with Crippen LogP contribution < -0.4 is 9.47 Å². The Morgan fingerprint density at radius 2 is 1.45 bits per heavy atom. The van der Waals surface area contributed by atoms with Crippen LogP contribution in [0.25, 0.3) is 0 Å². The van der Waals surface area contributed by atoms with Crippen LogP contribution in [0.15, 0.2) is 35.2 Å². The lowest BCUT2D eigenvalue weighted by molar-refractivity contribution is 0.353. The largest absolute Gasteiger partial charge is 0.493 e. The normalized spacial score (nSPS) is 12.0. The zero-order valence-electron chi connectivity index (χ0n) is 13.7. The number of ether oxygens (including phenoxy) is 2. The third-order valence-electron chi connectivity index (χ3n) is 3.85. The summed E-state index contributed by atoms with van der Waals surface area (Å²) in [7, 11) is 2.07. The second-order valence-electron chi connectivity index (χ2n) is 5.33. The average Bonchev–Trinajstić information content (AvgIpc) is 2.50. The number of rotatable bonds is 5. The van der Waals surface area contributed by atoms with Crippen molar-refractivity contribution in [3.05, 3.63) is 52.6 Å². The Bertz CT molecular complexity index is 687. The lowest BCUT2D eigenvalue weighted by Gasteiger charge is -2.14. The molecule has 0 aromatic heterocycles. The van der Waals surface area contributed by atoms with Crippen LogP contribution in [0.1, 0.15) is 22.3 Å². The van der Waals surface area contributed by atoms with Gasteiger partial charge in [-0.2, -0.15) is 0 Å². The van der Waals surface area contributed by atoms with Gasteiger partial charge in [-0.25, -0.2) is 0 Å². The molecule has 0 amide bonds. The summed E-state index contributed by atoms with van der Waals surface area (Å²) in [6.07, 6.45) is 0. The van der Waals surface area contributed by atoms with Crippen LogP contribution in [0.2, 0.25) is 0 Å². The second kappa shape index (κ2) is 6.97. The van der Waals surface area contributed by atoms with Gasteiger partial charge in [-0.3, -0.25) is 4.21 Å². The Kier molecular flexibility index (Phi) is 5.24. The predicted octanol–water partition coefficient (Wildman–Crippen LogP) is 3.94. The molecule has 0 radical (unpaired) electrons. The zero-order chi connectivity index (χ0) is 16.3. The minimum Gasteiger partial charge on any atom is -0.493 e. The lowest BCUT2D eigenvalue weighted by Crippen LogP contribution is -2.03. The summed E-state index contributed by atoms with van der Waals surface area (Å²) in [4.78, 5) is 0.792. The van der Waals surface area contributed by atoms with Crippen LogP contribution in [0.5, 0.6) is 11.5 Å². The molecule has 2 aromatic carbocycles. The van der Waals surface area contributed by atoms with Crippen LogP contribution >= 0.6 is 0 Å². The highest BCUT2D eigenvalue weighted by Gasteiger charge is 2.15. The van der Waals surface area contributed by atoms with Gasteiger partial charge in [-0.05, 0) is 49.1 Å². The molecule has 1 atom stereocenters. The maximum absolute atomic E-state index is 12.8. The summed E-state index contributed by atoms with van der Waals surface area (Å²) in [5.41, 5.74) is 4.44. The Morgan fingerprint density at radius 1 is 0.909 bits per heavy atom. The molecule has 0 bridgehead atoms. The maximum Gasteiger partial charge on any atom is 0.161 e. The molecule has 3 nitrogen and oxygen atoms in total. The Morgan fingerprint density at radius 3 is 2.00 bits per heavy atom. The second-order valence-corrected chi connectivity index (χ2v) is 6.75. The molecule has 0 spiro atoms. The predicted molar refractivity (Wildman–Crippen MR) is 90.3 cm³/mol. The van der Waals surface area contributed by atoms with E-state index in [9.17, 15) is 4.21 Å². The molecule has 0 unspecified atom stereocenters. The summed E-state index contributed by atoms with van der Waals surface area (Å²) >= 11 is 0. The monoisotopic (exact) mass is 318 g/mol. The van der Waals surface area contributed by atoms with Gasteiger partial charge in [0.15, 0.2) is 11.5 Å². The fourth-order valence-electron chi connectivity index (χ4n) is 2.49. The SMILES string of the molecule is COc1cc(C)c([S@@](=O)Cc2c(C)cccc2C)cc1OC. The standard InChI is InChI=1S/C18H22O3S/c1-12-7-6-8-13(2)15(12)11-22(19)18-10-17(21-5)16(20-4)9-14(18)3/h6-10H,11H2,1-5H3/t22-/m0/s1. The van der Waals surface area contributed by atoms with E-state index in [0.717, 1.165) is 16.0 Å². The molecule has 0 N–H and O–H groups in total. The molecular weight excluding hydrogens is 296 g/mol. The molecule has 2 rings (SSSR count). The van der Waals surface area contributed by atoms with E-state index in [1.165, 1.54) is 11.1 Å². The molecule has 0 saturated heterocycles. The van der Waals surface area contributed by atoms with Gasteiger partial charge >= 0.3 is 0 Å². The van der Waals surface area contributed by atoms with E-state index in [0.29, 0.717) is 17.3 Å². The Labute approximate surface area is 134 Å². The summed E-state index contributed by atoms with van der Waals surface area (Å²) in [6, 6.07) is 9.83. The molecule has 4 heteroatoms. The first-order valence-electron chi connectivity index (χ1n) is 7.14. The van der Waals surface area contributed by atoms with Gasteiger partial charge in [0.05, 0.1) is 30.8 Å². The molecule has 22 heavy (non-hydrogen) atoms. The fourth-order valence-corrected chi connectivity index (χ4v) is 4.02. The first-order chi connectivity index (χ1) is 10.5. The number of hydrogen-bond donors (Lipinski definition) is 0. The van der Waals surface area contributed by atoms with Gasteiger partial charge in [0.25, 0.3) is 0 Å². The van der Waals surface area contributed by atoms with Crippen molar-refractivity contribution in [1.82, 2.24) is 0 Å². The van der Waals surface area contributed by atoms with Crippen LogP contribution in [0.4, 0.5) is 0 Å². The quantitative estimate of drug-likeness (QED) is 0.838.